The maximum absolute atomic E-state index is 9.56. The molecule has 2 N–H and O–H groups in total. The van der Waals surface area contributed by atoms with E-state index >= 15 is 0 Å². The minimum absolute atomic E-state index is 0.332. The standard InChI is InChI=1S/C16H32N2O/c1-3-9-16(2,12-17-14-7-8-14)13-18-10-5-4-6-15(18)11-19/h14-15,17,19H,3-13H2,1-2H3. The molecule has 19 heavy (non-hydrogen) atoms. The van der Waals surface area contributed by atoms with Crippen LogP contribution in [0.15, 0.2) is 0 Å². The van der Waals surface area contributed by atoms with Crippen LogP contribution in [0.2, 0.25) is 0 Å². The number of piperidine rings is 1. The molecule has 1 saturated carbocycles. The lowest BCUT2D eigenvalue weighted by Crippen LogP contribution is -2.49. The zero-order valence-corrected chi connectivity index (χ0v) is 12.8. The second-order valence-electron chi connectivity index (χ2n) is 7.02. The van der Waals surface area contributed by atoms with Crippen LogP contribution in [0.3, 0.4) is 0 Å². The van der Waals surface area contributed by atoms with Gasteiger partial charge in [-0.1, -0.05) is 26.7 Å². The molecule has 1 heterocycles. The highest BCUT2D eigenvalue weighted by Crippen LogP contribution is 2.29. The Labute approximate surface area is 118 Å². The number of aliphatic hydroxyl groups is 1. The van der Waals surface area contributed by atoms with E-state index in [1.165, 1.54) is 51.5 Å². The third-order valence-electron chi connectivity index (χ3n) is 4.79. The summed E-state index contributed by atoms with van der Waals surface area (Å²) in [7, 11) is 0. The molecule has 0 radical (unpaired) electrons. The van der Waals surface area contributed by atoms with Crippen molar-refractivity contribution >= 4 is 0 Å². The third kappa shape index (κ3) is 4.73. The summed E-state index contributed by atoms with van der Waals surface area (Å²) < 4.78 is 0. The molecule has 0 aromatic rings. The van der Waals surface area contributed by atoms with Crippen LogP contribution in [0.4, 0.5) is 0 Å². The van der Waals surface area contributed by atoms with E-state index in [-0.39, 0.29) is 0 Å². The Balaban J connectivity index is 1.88. The second kappa shape index (κ2) is 7.05. The number of hydrogen-bond donors (Lipinski definition) is 2. The second-order valence-corrected chi connectivity index (χ2v) is 7.02. The molecule has 0 aromatic heterocycles. The SMILES string of the molecule is CCCC(C)(CNC1CC1)CN1CCCCC1CO. The molecule has 112 valence electrons. The molecule has 3 heteroatoms. The number of nitrogens with one attached hydrogen (secondary N) is 1. The van der Waals surface area contributed by atoms with Crippen molar-refractivity contribution in [3.63, 3.8) is 0 Å². The highest BCUT2D eigenvalue weighted by atomic mass is 16.3. The Kier molecular flexibility index (Phi) is 5.67. The normalized spacial score (nSPS) is 28.3. The monoisotopic (exact) mass is 268 g/mol. The zero-order valence-electron chi connectivity index (χ0n) is 12.8. The van der Waals surface area contributed by atoms with Crippen molar-refractivity contribution in [2.45, 2.75) is 70.9 Å². The quantitative estimate of drug-likeness (QED) is 0.709. The maximum atomic E-state index is 9.56. The third-order valence-corrected chi connectivity index (χ3v) is 4.79. The molecule has 1 aliphatic carbocycles. The van der Waals surface area contributed by atoms with E-state index in [0.717, 1.165) is 19.1 Å². The van der Waals surface area contributed by atoms with Gasteiger partial charge < -0.3 is 10.4 Å². The summed E-state index contributed by atoms with van der Waals surface area (Å²) in [6.07, 6.45) is 9.02. The van der Waals surface area contributed by atoms with Crippen LogP contribution in [0.1, 0.15) is 58.8 Å². The molecule has 2 rings (SSSR count). The van der Waals surface area contributed by atoms with E-state index in [1.54, 1.807) is 0 Å². The lowest BCUT2D eigenvalue weighted by molar-refractivity contribution is 0.0490. The number of nitrogens with zero attached hydrogens (tertiary/aromatic N) is 1. The van der Waals surface area contributed by atoms with Crippen LogP contribution >= 0.6 is 0 Å². The van der Waals surface area contributed by atoms with Crippen molar-refractivity contribution in [2.75, 3.05) is 26.2 Å². The van der Waals surface area contributed by atoms with E-state index < -0.39 is 0 Å². The molecule has 0 bridgehead atoms. The van der Waals surface area contributed by atoms with Gasteiger partial charge in [-0.15, -0.1) is 0 Å². The van der Waals surface area contributed by atoms with Gasteiger partial charge in [-0.2, -0.15) is 0 Å². The van der Waals surface area contributed by atoms with E-state index in [4.69, 9.17) is 0 Å². The molecule has 2 unspecified atom stereocenters. The van der Waals surface area contributed by atoms with Crippen LogP contribution in [-0.2, 0) is 0 Å². The van der Waals surface area contributed by atoms with Crippen molar-refractivity contribution in [1.29, 1.82) is 0 Å². The summed E-state index contributed by atoms with van der Waals surface area (Å²) in [6.45, 7) is 8.50. The van der Waals surface area contributed by atoms with Gasteiger partial charge >= 0.3 is 0 Å². The Hall–Kier alpha value is -0.120. The first-order valence-corrected chi connectivity index (χ1v) is 8.25. The fraction of sp³-hybridized carbons (Fsp3) is 1.00. The molecule has 3 nitrogen and oxygen atoms in total. The minimum atomic E-state index is 0.332. The first kappa shape index (κ1) is 15.3. The first-order valence-electron chi connectivity index (χ1n) is 8.25. The summed E-state index contributed by atoms with van der Waals surface area (Å²) in [5.74, 6) is 0. The van der Waals surface area contributed by atoms with Crippen molar-refractivity contribution in [1.82, 2.24) is 10.2 Å². The van der Waals surface area contributed by atoms with E-state index in [0.29, 0.717) is 18.1 Å². The highest BCUT2D eigenvalue weighted by molar-refractivity contribution is 4.89. The van der Waals surface area contributed by atoms with Crippen LogP contribution in [0.5, 0.6) is 0 Å². The summed E-state index contributed by atoms with van der Waals surface area (Å²) in [5.41, 5.74) is 0.363. The Morgan fingerprint density at radius 2 is 2.05 bits per heavy atom. The summed E-state index contributed by atoms with van der Waals surface area (Å²) in [6, 6.07) is 1.21. The predicted octanol–water partition coefficient (Wildman–Crippen LogP) is 2.39. The number of hydrogen-bond acceptors (Lipinski definition) is 3. The molecular weight excluding hydrogens is 236 g/mol. The van der Waals surface area contributed by atoms with E-state index in [1.807, 2.05) is 0 Å². The largest absolute Gasteiger partial charge is 0.395 e. The molecule has 0 amide bonds. The Morgan fingerprint density at radius 3 is 2.68 bits per heavy atom. The van der Waals surface area contributed by atoms with E-state index in [9.17, 15) is 5.11 Å². The number of rotatable bonds is 8. The maximum Gasteiger partial charge on any atom is 0.0586 e. The summed E-state index contributed by atoms with van der Waals surface area (Å²) in [5, 5.41) is 13.3. The Bertz CT molecular complexity index is 267. The van der Waals surface area contributed by atoms with Gasteiger partial charge in [0.25, 0.3) is 0 Å². The predicted molar refractivity (Wildman–Crippen MR) is 80.3 cm³/mol. The molecule has 2 atom stereocenters. The van der Waals surface area contributed by atoms with Crippen molar-refractivity contribution in [3.8, 4) is 0 Å². The zero-order chi connectivity index (χ0) is 13.7. The smallest absolute Gasteiger partial charge is 0.0586 e. The number of likely N-dealkylation sites (tertiary alicyclic amines) is 1. The minimum Gasteiger partial charge on any atom is -0.395 e. The fourth-order valence-corrected chi connectivity index (χ4v) is 3.47. The van der Waals surface area contributed by atoms with E-state index in [2.05, 4.69) is 24.1 Å². The molecule has 1 saturated heterocycles. The van der Waals surface area contributed by atoms with Crippen molar-refractivity contribution < 1.29 is 5.11 Å². The van der Waals surface area contributed by atoms with Crippen LogP contribution < -0.4 is 5.32 Å². The number of aliphatic hydroxyl groups excluding tert-OH is 1. The molecule has 2 aliphatic rings. The van der Waals surface area contributed by atoms with Gasteiger partial charge in [0, 0.05) is 25.2 Å². The lowest BCUT2D eigenvalue weighted by Gasteiger charge is -2.41. The average Bonchev–Trinajstić information content (AvgIpc) is 3.21. The molecule has 2 fully saturated rings. The van der Waals surface area contributed by atoms with Gasteiger partial charge in [0.15, 0.2) is 0 Å². The van der Waals surface area contributed by atoms with Crippen molar-refractivity contribution in [3.05, 3.63) is 0 Å². The molecule has 0 aromatic carbocycles. The van der Waals surface area contributed by atoms with Crippen molar-refractivity contribution in [2.24, 2.45) is 5.41 Å². The van der Waals surface area contributed by atoms with Crippen LogP contribution in [0.25, 0.3) is 0 Å². The van der Waals surface area contributed by atoms with Gasteiger partial charge in [0.05, 0.1) is 6.61 Å². The van der Waals surface area contributed by atoms with Gasteiger partial charge in [0.2, 0.25) is 0 Å². The topological polar surface area (TPSA) is 35.5 Å². The van der Waals surface area contributed by atoms with Gasteiger partial charge in [0.1, 0.15) is 0 Å². The molecule has 0 spiro atoms. The fourth-order valence-electron chi connectivity index (χ4n) is 3.47. The van der Waals surface area contributed by atoms with Gasteiger partial charge in [-0.05, 0) is 44.1 Å². The van der Waals surface area contributed by atoms with Gasteiger partial charge in [-0.3, -0.25) is 4.90 Å². The average molecular weight is 268 g/mol. The lowest BCUT2D eigenvalue weighted by atomic mass is 9.83. The summed E-state index contributed by atoms with van der Waals surface area (Å²) >= 11 is 0. The molecule has 1 aliphatic heterocycles. The molecular formula is C16H32N2O. The van der Waals surface area contributed by atoms with Gasteiger partial charge in [-0.25, -0.2) is 0 Å². The first-order chi connectivity index (χ1) is 9.17. The summed E-state index contributed by atoms with van der Waals surface area (Å²) in [4.78, 5) is 2.55. The Morgan fingerprint density at radius 1 is 1.26 bits per heavy atom. The van der Waals surface area contributed by atoms with Crippen LogP contribution in [-0.4, -0.2) is 48.3 Å². The van der Waals surface area contributed by atoms with Crippen LogP contribution in [0, 0.1) is 5.41 Å². The highest BCUT2D eigenvalue weighted by Gasteiger charge is 2.32.